The summed E-state index contributed by atoms with van der Waals surface area (Å²) in [6, 6.07) is 5.06. The van der Waals surface area contributed by atoms with E-state index in [2.05, 4.69) is 10.6 Å². The first kappa shape index (κ1) is 18.0. The van der Waals surface area contributed by atoms with E-state index >= 15 is 0 Å². The molecule has 1 aromatic rings. The average Bonchev–Trinajstić information content (AvgIpc) is 3.29. The van der Waals surface area contributed by atoms with Crippen molar-refractivity contribution in [2.75, 3.05) is 9.62 Å². The molecule has 2 aliphatic carbocycles. The second-order valence-corrected chi connectivity index (χ2v) is 7.93. The van der Waals surface area contributed by atoms with Crippen molar-refractivity contribution >= 4 is 46.8 Å². The molecular formula is C18H19ClN2O3S. The molecule has 2 aliphatic rings. The molecule has 5 nitrogen and oxygen atoms in total. The number of carbonyl (C=O) groups is 2. The molecule has 0 unspecified atom stereocenters. The van der Waals surface area contributed by atoms with E-state index in [4.69, 9.17) is 18.0 Å². The zero-order chi connectivity index (χ0) is 18.0. The molecule has 1 amide bonds. The van der Waals surface area contributed by atoms with Crippen LogP contribution in [0.25, 0.3) is 0 Å². The van der Waals surface area contributed by atoms with Crippen LogP contribution in [0.5, 0.6) is 0 Å². The van der Waals surface area contributed by atoms with Gasteiger partial charge in [0.25, 0.3) is 0 Å². The zero-order valence-corrected chi connectivity index (χ0v) is 15.2. The van der Waals surface area contributed by atoms with Crippen LogP contribution in [0.2, 0.25) is 5.02 Å². The molecule has 2 saturated carbocycles. The quantitative estimate of drug-likeness (QED) is 0.579. The summed E-state index contributed by atoms with van der Waals surface area (Å²) in [5.41, 5.74) is -0.143. The first-order chi connectivity index (χ1) is 12.0. The number of amides is 1. The first-order valence-corrected chi connectivity index (χ1v) is 9.49. The Balaban J connectivity index is 1.93. The zero-order valence-electron chi connectivity index (χ0n) is 13.6. The smallest absolute Gasteiger partial charge is 0.330 e. The van der Waals surface area contributed by atoms with Gasteiger partial charge in [-0.3, -0.25) is 9.69 Å². The van der Waals surface area contributed by atoms with E-state index in [-0.39, 0.29) is 0 Å². The number of nitrogens with zero attached hydrogens (tertiary/aromatic N) is 1. The van der Waals surface area contributed by atoms with Gasteiger partial charge in [-0.05, 0) is 61.8 Å². The Morgan fingerprint density at radius 3 is 2.56 bits per heavy atom. The van der Waals surface area contributed by atoms with Gasteiger partial charge in [0.1, 0.15) is 5.54 Å². The number of carbonyl (C=O) groups excluding carboxylic acids is 1. The van der Waals surface area contributed by atoms with E-state index in [1.807, 2.05) is 0 Å². The van der Waals surface area contributed by atoms with Crippen molar-refractivity contribution in [2.45, 2.75) is 49.3 Å². The summed E-state index contributed by atoms with van der Waals surface area (Å²) in [6.45, 7) is 0. The van der Waals surface area contributed by atoms with Crippen LogP contribution in [0.15, 0.2) is 18.2 Å². The fourth-order valence-electron chi connectivity index (χ4n) is 3.17. The summed E-state index contributed by atoms with van der Waals surface area (Å²) >= 11 is 7.97. The third-order valence-corrected chi connectivity index (χ3v) is 6.11. The molecule has 0 saturated heterocycles. The van der Waals surface area contributed by atoms with Gasteiger partial charge in [0.15, 0.2) is 0 Å². The van der Waals surface area contributed by atoms with E-state index in [9.17, 15) is 14.7 Å². The van der Waals surface area contributed by atoms with Crippen LogP contribution in [0.4, 0.5) is 11.4 Å². The summed E-state index contributed by atoms with van der Waals surface area (Å²) in [7, 11) is 0. The third-order valence-electron chi connectivity index (χ3n) is 4.65. The Labute approximate surface area is 156 Å². The fraction of sp³-hybridized carbons (Fsp3) is 0.444. The van der Waals surface area contributed by atoms with Gasteiger partial charge in [-0.2, -0.15) is 0 Å². The molecule has 2 N–H and O–H groups in total. The number of nitrogens with one attached hydrogen (secondary N) is 1. The summed E-state index contributed by atoms with van der Waals surface area (Å²) in [5.74, 6) is 0.373. The Morgan fingerprint density at radius 2 is 2.04 bits per heavy atom. The Morgan fingerprint density at radius 1 is 1.36 bits per heavy atom. The number of rotatable bonds is 6. The Hall–Kier alpha value is -1.84. The number of carboxylic acid groups (broad SMARTS) is 1. The molecule has 132 valence electrons. The lowest BCUT2D eigenvalue weighted by Gasteiger charge is -2.36. The molecule has 0 radical (unpaired) electrons. The van der Waals surface area contributed by atoms with Crippen molar-refractivity contribution in [1.29, 1.82) is 0 Å². The molecule has 1 aromatic carbocycles. The van der Waals surface area contributed by atoms with Crippen LogP contribution < -0.4 is 9.62 Å². The van der Waals surface area contributed by atoms with Crippen molar-refractivity contribution in [3.8, 4) is 12.3 Å². The summed E-state index contributed by atoms with van der Waals surface area (Å²) in [4.78, 5) is 25.6. The largest absolute Gasteiger partial charge is 0.479 e. The van der Waals surface area contributed by atoms with E-state index in [1.165, 1.54) is 17.7 Å². The topological polar surface area (TPSA) is 69.6 Å². The lowest BCUT2D eigenvalue weighted by molar-refractivity contribution is -0.144. The molecule has 0 atom stereocenters. The van der Waals surface area contributed by atoms with Crippen LogP contribution in [0.1, 0.15) is 38.5 Å². The fourth-order valence-corrected chi connectivity index (χ4v) is 4.30. The van der Waals surface area contributed by atoms with Gasteiger partial charge in [-0.15, -0.1) is 6.42 Å². The summed E-state index contributed by atoms with van der Waals surface area (Å²) in [6.07, 6.45) is 9.94. The van der Waals surface area contributed by atoms with Crippen LogP contribution in [-0.4, -0.2) is 27.8 Å². The number of terminal acetylenes is 1. The minimum Gasteiger partial charge on any atom is -0.479 e. The van der Waals surface area contributed by atoms with Gasteiger partial charge in [0.2, 0.25) is 0 Å². The first-order valence-electron chi connectivity index (χ1n) is 8.23. The number of carboxylic acids is 1. The van der Waals surface area contributed by atoms with E-state index < -0.39 is 17.4 Å². The van der Waals surface area contributed by atoms with Gasteiger partial charge < -0.3 is 9.83 Å². The maximum absolute atomic E-state index is 12.4. The number of halogens is 1. The van der Waals surface area contributed by atoms with Crippen molar-refractivity contribution in [3.05, 3.63) is 23.2 Å². The molecule has 3 rings (SSSR count). The molecule has 0 aromatic heterocycles. The predicted octanol–water partition coefficient (Wildman–Crippen LogP) is 3.93. The molecule has 7 heteroatoms. The highest BCUT2D eigenvalue weighted by Crippen LogP contribution is 2.41. The Kier molecular flexibility index (Phi) is 5.16. The number of aliphatic carboxylic acids is 1. The maximum atomic E-state index is 12.4. The second kappa shape index (κ2) is 7.19. The number of hydrogen-bond donors (Lipinski definition) is 2. The lowest BCUT2D eigenvalue weighted by Crippen LogP contribution is -2.55. The third kappa shape index (κ3) is 3.58. The van der Waals surface area contributed by atoms with Crippen molar-refractivity contribution in [1.82, 2.24) is 0 Å². The SMILES string of the molecule is C#CC(=O)N(c1ccc(NSC2CC2)c(Cl)c1)C1(C(=O)O)CCCC1. The highest BCUT2D eigenvalue weighted by atomic mass is 35.5. The standard InChI is InChI=1S/C18H19ClN2O3S/c1-2-16(22)21(18(17(23)24)9-3-4-10-18)12-5-8-15(14(19)11-12)20-25-13-6-7-13/h1,5,8,11,13,20H,3-4,6-7,9-10H2,(H,23,24). The molecule has 2 fully saturated rings. The normalized spacial score (nSPS) is 18.4. The average molecular weight is 379 g/mol. The van der Waals surface area contributed by atoms with Crippen LogP contribution >= 0.6 is 23.5 Å². The monoisotopic (exact) mass is 378 g/mol. The molecule has 25 heavy (non-hydrogen) atoms. The summed E-state index contributed by atoms with van der Waals surface area (Å²) in [5, 5.41) is 10.8. The molecule has 0 spiro atoms. The van der Waals surface area contributed by atoms with Crippen LogP contribution in [0.3, 0.4) is 0 Å². The number of benzene rings is 1. The maximum Gasteiger partial charge on any atom is 0.330 e. The number of hydrogen-bond acceptors (Lipinski definition) is 4. The highest BCUT2D eigenvalue weighted by Gasteiger charge is 2.49. The van der Waals surface area contributed by atoms with Crippen molar-refractivity contribution < 1.29 is 14.7 Å². The van der Waals surface area contributed by atoms with Gasteiger partial charge in [-0.25, -0.2) is 4.79 Å². The van der Waals surface area contributed by atoms with Gasteiger partial charge >= 0.3 is 11.9 Å². The van der Waals surface area contributed by atoms with Gasteiger partial charge in [0.05, 0.1) is 10.7 Å². The molecule has 0 bridgehead atoms. The molecule has 0 heterocycles. The van der Waals surface area contributed by atoms with Crippen molar-refractivity contribution in [2.24, 2.45) is 0 Å². The summed E-state index contributed by atoms with van der Waals surface area (Å²) < 4.78 is 3.21. The van der Waals surface area contributed by atoms with E-state index in [1.54, 1.807) is 30.1 Å². The van der Waals surface area contributed by atoms with E-state index in [0.29, 0.717) is 28.8 Å². The Bertz CT molecular complexity index is 736. The minimum absolute atomic E-state index is 0.380. The minimum atomic E-state index is -1.30. The predicted molar refractivity (Wildman–Crippen MR) is 101 cm³/mol. The lowest BCUT2D eigenvalue weighted by atomic mass is 9.94. The molecule has 0 aliphatic heterocycles. The van der Waals surface area contributed by atoms with Gasteiger partial charge in [-0.1, -0.05) is 24.4 Å². The second-order valence-electron chi connectivity index (χ2n) is 6.41. The van der Waals surface area contributed by atoms with Crippen LogP contribution in [-0.2, 0) is 9.59 Å². The van der Waals surface area contributed by atoms with Gasteiger partial charge in [0, 0.05) is 10.9 Å². The van der Waals surface area contributed by atoms with E-state index in [0.717, 1.165) is 18.5 Å². The highest BCUT2D eigenvalue weighted by molar-refractivity contribution is 8.01. The van der Waals surface area contributed by atoms with Crippen molar-refractivity contribution in [3.63, 3.8) is 0 Å². The molecular weight excluding hydrogens is 360 g/mol. The van der Waals surface area contributed by atoms with Crippen LogP contribution in [0, 0.1) is 12.3 Å². The number of anilines is 2.